The highest BCUT2D eigenvalue weighted by atomic mass is 32.2. The second-order valence-electron chi connectivity index (χ2n) is 3.68. The number of nitrogens with zero attached hydrogens (tertiary/aromatic N) is 4. The van der Waals surface area contributed by atoms with Gasteiger partial charge in [0.25, 0.3) is 0 Å². The van der Waals surface area contributed by atoms with E-state index in [4.69, 9.17) is 0 Å². The second kappa shape index (κ2) is 5.67. The van der Waals surface area contributed by atoms with Crippen molar-refractivity contribution in [3.63, 3.8) is 0 Å². The van der Waals surface area contributed by atoms with Gasteiger partial charge in [0.1, 0.15) is 0 Å². The lowest BCUT2D eigenvalue weighted by atomic mass is 10.4. The van der Waals surface area contributed by atoms with E-state index in [2.05, 4.69) is 29.7 Å². The number of hydrogen-bond donors (Lipinski definition) is 2. The molecule has 0 radical (unpaired) electrons. The lowest BCUT2D eigenvalue weighted by Gasteiger charge is -2.26. The van der Waals surface area contributed by atoms with E-state index in [1.54, 1.807) is 0 Å². The van der Waals surface area contributed by atoms with E-state index in [1.165, 1.54) is 0 Å². The molecule has 1 fully saturated rings. The van der Waals surface area contributed by atoms with Crippen molar-refractivity contribution >= 4 is 26.7 Å². The third-order valence-electron chi connectivity index (χ3n) is 2.43. The molecule has 1 saturated heterocycles. The predicted molar refractivity (Wildman–Crippen MR) is 64.4 cm³/mol. The summed E-state index contributed by atoms with van der Waals surface area (Å²) in [6.45, 7) is 4.12. The summed E-state index contributed by atoms with van der Waals surface area (Å²) in [5.41, 5.74) is 0. The molecule has 0 aliphatic carbocycles. The molecule has 0 amide bonds. The zero-order valence-corrected chi connectivity index (χ0v) is 10.8. The van der Waals surface area contributed by atoms with E-state index in [1.807, 2.05) is 0 Å². The first-order chi connectivity index (χ1) is 8.16. The molecule has 1 aromatic rings. The third-order valence-corrected chi connectivity index (χ3v) is 4.29. The van der Waals surface area contributed by atoms with E-state index in [9.17, 15) is 8.42 Å². The summed E-state index contributed by atoms with van der Waals surface area (Å²) in [7, 11) is -3.35. The highest BCUT2D eigenvalue weighted by Crippen LogP contribution is 2.07. The number of aromatic nitrogens is 3. The number of nitrogens with one attached hydrogen (secondary N) is 2. The second-order valence-corrected chi connectivity index (χ2v) is 6.25. The van der Waals surface area contributed by atoms with Crippen LogP contribution in [0, 0.1) is 0 Å². The first-order valence-corrected chi connectivity index (χ1v) is 7.67. The van der Waals surface area contributed by atoms with Gasteiger partial charge in [-0.2, -0.15) is 0 Å². The van der Waals surface area contributed by atoms with Crippen molar-refractivity contribution < 1.29 is 8.42 Å². The Bertz CT molecular complexity index is 427. The van der Waals surface area contributed by atoms with E-state index < -0.39 is 10.0 Å². The minimum Gasteiger partial charge on any atom is -0.314 e. The fourth-order valence-corrected chi connectivity index (χ4v) is 3.20. The summed E-state index contributed by atoms with van der Waals surface area (Å²) < 4.78 is 29.2. The van der Waals surface area contributed by atoms with Crippen LogP contribution < -0.4 is 10.0 Å². The van der Waals surface area contributed by atoms with Crippen LogP contribution in [0.3, 0.4) is 0 Å². The van der Waals surface area contributed by atoms with Crippen molar-refractivity contribution in [1.82, 2.24) is 25.0 Å². The van der Waals surface area contributed by atoms with Crippen molar-refractivity contribution in [1.29, 1.82) is 0 Å². The Hall–Kier alpha value is -0.840. The first kappa shape index (κ1) is 12.6. The molecule has 2 rings (SSSR count). The summed E-state index contributed by atoms with van der Waals surface area (Å²) >= 11 is 0.925. The lowest BCUT2D eigenvalue weighted by Crippen LogP contribution is -2.45. The molecular weight excluding hydrogens is 264 g/mol. The molecule has 1 aliphatic heterocycles. The Morgan fingerprint density at radius 3 is 2.82 bits per heavy atom. The average Bonchev–Trinajstić information content (AvgIpc) is 2.80. The molecule has 0 aromatic carbocycles. The minimum absolute atomic E-state index is 0.0621. The zero-order chi connectivity index (χ0) is 12.1. The van der Waals surface area contributed by atoms with Gasteiger partial charge in [-0.3, -0.25) is 9.62 Å². The first-order valence-electron chi connectivity index (χ1n) is 5.24. The normalized spacial score (nSPS) is 18.1. The summed E-state index contributed by atoms with van der Waals surface area (Å²) in [4.78, 5) is 2.12. The van der Waals surface area contributed by atoms with Crippen molar-refractivity contribution in [3.8, 4) is 0 Å². The molecule has 0 atom stereocenters. The van der Waals surface area contributed by atoms with Crippen LogP contribution in [-0.2, 0) is 10.0 Å². The average molecular weight is 278 g/mol. The van der Waals surface area contributed by atoms with Crippen LogP contribution in [0.4, 0.5) is 5.13 Å². The molecule has 8 nitrogen and oxygen atoms in total. The van der Waals surface area contributed by atoms with Gasteiger partial charge < -0.3 is 5.32 Å². The summed E-state index contributed by atoms with van der Waals surface area (Å²) in [5, 5.41) is 10.3. The van der Waals surface area contributed by atoms with Crippen LogP contribution in [0.15, 0.2) is 0 Å². The lowest BCUT2D eigenvalue weighted by molar-refractivity contribution is 0.254. The number of rotatable bonds is 5. The Labute approximate surface area is 104 Å². The number of piperazine rings is 1. The maximum Gasteiger partial charge on any atom is 0.238 e. The number of hydrogen-bond acceptors (Lipinski definition) is 8. The van der Waals surface area contributed by atoms with Crippen LogP contribution in [0.2, 0.25) is 0 Å². The van der Waals surface area contributed by atoms with Gasteiger partial charge in [-0.05, 0) is 5.21 Å². The quantitative estimate of drug-likeness (QED) is 0.682. The zero-order valence-electron chi connectivity index (χ0n) is 9.16. The van der Waals surface area contributed by atoms with Gasteiger partial charge in [0.2, 0.25) is 15.2 Å². The molecule has 0 saturated carbocycles. The van der Waals surface area contributed by atoms with Gasteiger partial charge in [0, 0.05) is 44.3 Å². The molecule has 0 unspecified atom stereocenters. The maximum atomic E-state index is 11.7. The van der Waals surface area contributed by atoms with E-state index in [0.717, 1.165) is 37.7 Å². The van der Waals surface area contributed by atoms with Gasteiger partial charge in [-0.15, -0.1) is 0 Å². The minimum atomic E-state index is -3.35. The largest absolute Gasteiger partial charge is 0.314 e. The Morgan fingerprint density at radius 1 is 1.41 bits per heavy atom. The molecule has 0 bridgehead atoms. The van der Waals surface area contributed by atoms with E-state index >= 15 is 0 Å². The fourth-order valence-electron chi connectivity index (χ4n) is 1.54. The van der Waals surface area contributed by atoms with Gasteiger partial charge >= 0.3 is 0 Å². The highest BCUT2D eigenvalue weighted by Gasteiger charge is 2.16. The van der Waals surface area contributed by atoms with Crippen LogP contribution in [0.1, 0.15) is 0 Å². The third kappa shape index (κ3) is 4.15. The number of anilines is 1. The van der Waals surface area contributed by atoms with Crippen LogP contribution in [0.5, 0.6) is 0 Å². The summed E-state index contributed by atoms with van der Waals surface area (Å²) in [6, 6.07) is 0. The summed E-state index contributed by atoms with van der Waals surface area (Å²) in [5.74, 6) is 0.0621. The van der Waals surface area contributed by atoms with Crippen LogP contribution in [0.25, 0.3) is 0 Å². The van der Waals surface area contributed by atoms with Crippen molar-refractivity contribution in [3.05, 3.63) is 0 Å². The molecule has 17 heavy (non-hydrogen) atoms. The van der Waals surface area contributed by atoms with Crippen molar-refractivity contribution in [2.45, 2.75) is 0 Å². The Morgan fingerprint density at radius 2 is 2.18 bits per heavy atom. The molecular formula is C7H14N6O2S2. The molecule has 1 aromatic heterocycles. The van der Waals surface area contributed by atoms with Gasteiger partial charge in [-0.25, -0.2) is 8.42 Å². The van der Waals surface area contributed by atoms with E-state index in [0.29, 0.717) is 6.54 Å². The van der Waals surface area contributed by atoms with Crippen LogP contribution >= 0.6 is 11.5 Å². The molecule has 2 heterocycles. The SMILES string of the molecule is O=S(=O)(CCN1CCNCC1)Nc1nnns1. The van der Waals surface area contributed by atoms with E-state index in [-0.39, 0.29) is 10.9 Å². The molecule has 1 aliphatic rings. The van der Waals surface area contributed by atoms with Crippen molar-refractivity contribution in [2.75, 3.05) is 43.2 Å². The highest BCUT2D eigenvalue weighted by molar-refractivity contribution is 7.92. The van der Waals surface area contributed by atoms with Crippen molar-refractivity contribution in [2.24, 2.45) is 0 Å². The summed E-state index contributed by atoms with van der Waals surface area (Å²) in [6.07, 6.45) is 0. The van der Waals surface area contributed by atoms with Crippen LogP contribution in [-0.4, -0.2) is 66.6 Å². The van der Waals surface area contributed by atoms with Gasteiger partial charge in [0.15, 0.2) is 0 Å². The van der Waals surface area contributed by atoms with Gasteiger partial charge in [-0.1, -0.05) is 9.59 Å². The van der Waals surface area contributed by atoms with Gasteiger partial charge in [0.05, 0.1) is 5.75 Å². The molecule has 0 spiro atoms. The Balaban J connectivity index is 1.80. The fraction of sp³-hybridized carbons (Fsp3) is 0.857. The Kier molecular flexibility index (Phi) is 4.20. The molecule has 10 heteroatoms. The monoisotopic (exact) mass is 278 g/mol. The molecule has 2 N–H and O–H groups in total. The number of sulfonamides is 1. The molecule has 96 valence electrons. The smallest absolute Gasteiger partial charge is 0.238 e. The standard InChI is InChI=1S/C7H14N6O2S2/c14-17(15,10-7-9-11-12-16-7)6-5-13-3-1-8-2-4-13/h8H,1-6H2,(H,9,10,12). The maximum absolute atomic E-state index is 11.7. The topological polar surface area (TPSA) is 100 Å². The predicted octanol–water partition coefficient (Wildman–Crippen LogP) is -1.42.